The van der Waals surface area contributed by atoms with Gasteiger partial charge in [0.2, 0.25) is 5.91 Å². The molecule has 162 valence electrons. The highest BCUT2D eigenvalue weighted by Gasteiger charge is 2.31. The largest absolute Gasteiger partial charge is 0.387 e. The van der Waals surface area contributed by atoms with E-state index >= 15 is 0 Å². The van der Waals surface area contributed by atoms with Gasteiger partial charge < -0.3 is 20.3 Å². The molecule has 1 aromatic heterocycles. The Morgan fingerprint density at radius 2 is 2.00 bits per heavy atom. The number of aromatic amines is 1. The molecule has 3 N–H and O–H groups in total. The van der Waals surface area contributed by atoms with E-state index in [-0.39, 0.29) is 23.7 Å². The first-order valence-corrected chi connectivity index (χ1v) is 10.7. The molecule has 2 fully saturated rings. The number of carbonyl (C=O) groups is 2. The number of aromatic nitrogens is 1. The third kappa shape index (κ3) is 4.20. The summed E-state index contributed by atoms with van der Waals surface area (Å²) in [6, 6.07) is 5.16. The molecule has 1 saturated carbocycles. The van der Waals surface area contributed by atoms with Crippen molar-refractivity contribution < 1.29 is 19.1 Å². The predicted molar refractivity (Wildman–Crippen MR) is 112 cm³/mol. The van der Waals surface area contributed by atoms with Crippen LogP contribution in [0.15, 0.2) is 18.2 Å². The third-order valence-electron chi connectivity index (χ3n) is 6.49. The Morgan fingerprint density at radius 1 is 1.23 bits per heavy atom. The SMILES string of the molecule is Cc1ccc(F)c2cc(C(=O)N[C@@H]3CCC[C@@H](N4CCN(C(=O)CO)CC4)C3)[nH]c12. The molecule has 2 amide bonds. The maximum absolute atomic E-state index is 14.1. The number of aliphatic hydroxyl groups is 1. The molecule has 7 nitrogen and oxygen atoms in total. The summed E-state index contributed by atoms with van der Waals surface area (Å²) in [5.41, 5.74) is 1.95. The molecule has 1 aliphatic heterocycles. The van der Waals surface area contributed by atoms with Gasteiger partial charge >= 0.3 is 0 Å². The number of hydrogen-bond acceptors (Lipinski definition) is 4. The predicted octanol–water partition coefficient (Wildman–Crippen LogP) is 1.79. The number of carbonyl (C=O) groups excluding carboxylic acids is 2. The lowest BCUT2D eigenvalue weighted by atomic mass is 9.89. The van der Waals surface area contributed by atoms with E-state index in [1.54, 1.807) is 17.0 Å². The molecular formula is C22H29FN4O3. The lowest BCUT2D eigenvalue weighted by Gasteiger charge is -2.42. The van der Waals surface area contributed by atoms with E-state index in [1.807, 2.05) is 6.92 Å². The van der Waals surface area contributed by atoms with Gasteiger partial charge in [-0.05, 0) is 50.3 Å². The molecule has 1 aliphatic carbocycles. The van der Waals surface area contributed by atoms with Crippen LogP contribution in [-0.2, 0) is 4.79 Å². The van der Waals surface area contributed by atoms with Gasteiger partial charge in [-0.3, -0.25) is 14.5 Å². The number of aryl methyl sites for hydroxylation is 1. The Hall–Kier alpha value is -2.45. The zero-order valence-corrected chi connectivity index (χ0v) is 17.3. The molecule has 2 aromatic rings. The second-order valence-corrected chi connectivity index (χ2v) is 8.40. The number of rotatable bonds is 4. The maximum Gasteiger partial charge on any atom is 0.267 e. The van der Waals surface area contributed by atoms with Gasteiger partial charge in [0.1, 0.15) is 18.1 Å². The zero-order valence-electron chi connectivity index (χ0n) is 17.3. The number of aliphatic hydroxyl groups excluding tert-OH is 1. The summed E-state index contributed by atoms with van der Waals surface area (Å²) >= 11 is 0. The second-order valence-electron chi connectivity index (χ2n) is 8.40. The van der Waals surface area contributed by atoms with Gasteiger partial charge in [-0.25, -0.2) is 4.39 Å². The average molecular weight is 416 g/mol. The van der Waals surface area contributed by atoms with Crippen molar-refractivity contribution in [1.82, 2.24) is 20.1 Å². The molecule has 1 saturated heterocycles. The van der Waals surface area contributed by atoms with E-state index in [4.69, 9.17) is 5.11 Å². The van der Waals surface area contributed by atoms with E-state index in [9.17, 15) is 14.0 Å². The number of hydrogen-bond donors (Lipinski definition) is 3. The van der Waals surface area contributed by atoms with E-state index in [0.717, 1.165) is 44.3 Å². The summed E-state index contributed by atoms with van der Waals surface area (Å²) in [6.07, 6.45) is 3.91. The monoisotopic (exact) mass is 416 g/mol. The van der Waals surface area contributed by atoms with Crippen molar-refractivity contribution in [3.05, 3.63) is 35.3 Å². The highest BCUT2D eigenvalue weighted by molar-refractivity contribution is 5.99. The quantitative estimate of drug-likeness (QED) is 0.709. The van der Waals surface area contributed by atoms with Crippen LogP contribution in [0.3, 0.4) is 0 Å². The van der Waals surface area contributed by atoms with Crippen molar-refractivity contribution in [2.75, 3.05) is 32.8 Å². The van der Waals surface area contributed by atoms with Crippen LogP contribution in [0.5, 0.6) is 0 Å². The fraction of sp³-hybridized carbons (Fsp3) is 0.545. The molecule has 4 rings (SSSR count). The number of piperazine rings is 1. The molecule has 0 bridgehead atoms. The molecule has 30 heavy (non-hydrogen) atoms. The smallest absolute Gasteiger partial charge is 0.267 e. The van der Waals surface area contributed by atoms with Crippen LogP contribution in [0.4, 0.5) is 4.39 Å². The number of benzene rings is 1. The number of H-pyrrole nitrogens is 1. The fourth-order valence-electron chi connectivity index (χ4n) is 4.77. The van der Waals surface area contributed by atoms with Crippen molar-refractivity contribution in [3.8, 4) is 0 Å². The fourth-order valence-corrected chi connectivity index (χ4v) is 4.77. The van der Waals surface area contributed by atoms with Crippen LogP contribution in [0.2, 0.25) is 0 Å². The van der Waals surface area contributed by atoms with Crippen molar-refractivity contribution in [1.29, 1.82) is 0 Å². The first kappa shape index (κ1) is 20.8. The Balaban J connectivity index is 1.36. The summed E-state index contributed by atoms with van der Waals surface area (Å²) in [7, 11) is 0. The summed E-state index contributed by atoms with van der Waals surface area (Å²) in [5.74, 6) is -0.745. The number of fused-ring (bicyclic) bond motifs is 1. The van der Waals surface area contributed by atoms with Gasteiger partial charge in [-0.2, -0.15) is 0 Å². The molecule has 0 unspecified atom stereocenters. The molecule has 0 spiro atoms. The number of amides is 2. The van der Waals surface area contributed by atoms with Crippen LogP contribution in [0, 0.1) is 12.7 Å². The first-order valence-electron chi connectivity index (χ1n) is 10.7. The lowest BCUT2D eigenvalue weighted by molar-refractivity contribution is -0.136. The Morgan fingerprint density at radius 3 is 2.70 bits per heavy atom. The molecule has 2 atom stereocenters. The molecule has 0 radical (unpaired) electrons. The van der Waals surface area contributed by atoms with Crippen LogP contribution >= 0.6 is 0 Å². The average Bonchev–Trinajstić information content (AvgIpc) is 3.23. The Kier molecular flexibility index (Phi) is 6.06. The topological polar surface area (TPSA) is 88.7 Å². The summed E-state index contributed by atoms with van der Waals surface area (Å²) in [4.78, 5) is 31.6. The third-order valence-corrected chi connectivity index (χ3v) is 6.49. The summed E-state index contributed by atoms with van der Waals surface area (Å²) < 4.78 is 14.1. The molecule has 8 heteroatoms. The normalized spacial score (nSPS) is 23.0. The van der Waals surface area contributed by atoms with Crippen molar-refractivity contribution in [2.24, 2.45) is 0 Å². The van der Waals surface area contributed by atoms with Crippen molar-refractivity contribution in [3.63, 3.8) is 0 Å². The van der Waals surface area contributed by atoms with E-state index in [2.05, 4.69) is 15.2 Å². The number of nitrogens with zero attached hydrogens (tertiary/aromatic N) is 2. The Labute approximate surface area is 175 Å². The van der Waals surface area contributed by atoms with Crippen LogP contribution in [-0.4, -0.2) is 76.6 Å². The van der Waals surface area contributed by atoms with Gasteiger partial charge in [0.15, 0.2) is 0 Å². The number of nitrogens with one attached hydrogen (secondary N) is 2. The van der Waals surface area contributed by atoms with Gasteiger partial charge in [0.25, 0.3) is 5.91 Å². The van der Waals surface area contributed by atoms with Crippen molar-refractivity contribution >= 4 is 22.7 Å². The highest BCUT2D eigenvalue weighted by atomic mass is 19.1. The van der Waals surface area contributed by atoms with Gasteiger partial charge in [-0.1, -0.05) is 6.07 Å². The minimum absolute atomic E-state index is 0.0747. The van der Waals surface area contributed by atoms with Crippen LogP contribution < -0.4 is 5.32 Å². The summed E-state index contributed by atoms with van der Waals surface area (Å²) in [6.45, 7) is 4.30. The lowest BCUT2D eigenvalue weighted by Crippen LogP contribution is -2.54. The maximum atomic E-state index is 14.1. The second kappa shape index (κ2) is 8.73. The molecule has 1 aromatic carbocycles. The van der Waals surface area contributed by atoms with Crippen LogP contribution in [0.25, 0.3) is 10.9 Å². The standard InChI is InChI=1S/C22H29FN4O3/c1-14-5-6-18(23)17-12-19(25-21(14)17)22(30)24-15-3-2-4-16(11-15)26-7-9-27(10-8-26)20(29)13-28/h5-6,12,15-16,25,28H,2-4,7-11,13H2,1H3,(H,24,30)/t15-,16-/m1/s1. The first-order chi connectivity index (χ1) is 14.5. The van der Waals surface area contributed by atoms with Crippen LogP contribution in [0.1, 0.15) is 41.7 Å². The van der Waals surface area contributed by atoms with E-state index < -0.39 is 6.61 Å². The molecular weight excluding hydrogens is 387 g/mol. The van der Waals surface area contributed by atoms with Gasteiger partial charge in [0.05, 0.1) is 5.52 Å². The minimum Gasteiger partial charge on any atom is -0.387 e. The minimum atomic E-state index is -0.436. The Bertz CT molecular complexity index is 897. The van der Waals surface area contributed by atoms with E-state index in [0.29, 0.717) is 35.7 Å². The molecule has 2 heterocycles. The van der Waals surface area contributed by atoms with Gasteiger partial charge in [-0.15, -0.1) is 0 Å². The van der Waals surface area contributed by atoms with Crippen molar-refractivity contribution in [2.45, 2.75) is 44.7 Å². The molecule has 2 aliphatic rings. The van der Waals surface area contributed by atoms with Gasteiger partial charge in [0, 0.05) is 43.6 Å². The zero-order chi connectivity index (χ0) is 21.3. The number of halogens is 1. The highest BCUT2D eigenvalue weighted by Crippen LogP contribution is 2.26. The summed E-state index contributed by atoms with van der Waals surface area (Å²) in [5, 5.41) is 12.6. The van der Waals surface area contributed by atoms with E-state index in [1.165, 1.54) is 6.07 Å².